The standard InChI is InChI=1S/C19H27N/c1-3-4-6-15-9-11-16(12-10-15)17-13-18-7-5-8-19(14-17)20(18)2/h9-13,18-19H,3-8,14H2,1-2H3. The van der Waals surface area contributed by atoms with Gasteiger partial charge in [0, 0.05) is 12.1 Å². The third-order valence-corrected chi connectivity index (χ3v) is 5.13. The van der Waals surface area contributed by atoms with Gasteiger partial charge in [0.1, 0.15) is 0 Å². The van der Waals surface area contributed by atoms with Crippen molar-refractivity contribution in [2.24, 2.45) is 0 Å². The van der Waals surface area contributed by atoms with E-state index in [1.807, 2.05) is 0 Å². The zero-order chi connectivity index (χ0) is 13.9. The molecular weight excluding hydrogens is 242 g/mol. The van der Waals surface area contributed by atoms with E-state index in [4.69, 9.17) is 0 Å². The van der Waals surface area contributed by atoms with Crippen LogP contribution in [0.3, 0.4) is 0 Å². The molecular formula is C19H27N. The number of likely N-dealkylation sites (N-methyl/N-ethyl adjacent to an activating group) is 1. The molecule has 0 aromatic heterocycles. The van der Waals surface area contributed by atoms with Crippen LogP contribution < -0.4 is 0 Å². The van der Waals surface area contributed by atoms with Gasteiger partial charge in [-0.1, -0.05) is 50.1 Å². The second-order valence-electron chi connectivity index (χ2n) is 6.51. The number of hydrogen-bond acceptors (Lipinski definition) is 1. The van der Waals surface area contributed by atoms with Gasteiger partial charge in [-0.3, -0.25) is 4.90 Å². The molecule has 2 heterocycles. The molecule has 0 radical (unpaired) electrons. The summed E-state index contributed by atoms with van der Waals surface area (Å²) in [6.07, 6.45) is 11.7. The average Bonchev–Trinajstić information content (AvgIpc) is 2.45. The summed E-state index contributed by atoms with van der Waals surface area (Å²) in [5.41, 5.74) is 4.53. The minimum Gasteiger partial charge on any atom is -0.297 e. The Balaban J connectivity index is 1.76. The highest BCUT2D eigenvalue weighted by Crippen LogP contribution is 2.35. The van der Waals surface area contributed by atoms with Crippen LogP contribution >= 0.6 is 0 Å². The van der Waals surface area contributed by atoms with E-state index in [2.05, 4.69) is 49.2 Å². The minimum atomic E-state index is 0.678. The summed E-state index contributed by atoms with van der Waals surface area (Å²) in [6.45, 7) is 2.26. The fourth-order valence-electron chi connectivity index (χ4n) is 3.72. The Morgan fingerprint density at radius 1 is 1.15 bits per heavy atom. The van der Waals surface area contributed by atoms with E-state index in [-0.39, 0.29) is 0 Å². The number of benzene rings is 1. The summed E-state index contributed by atoms with van der Waals surface area (Å²) in [7, 11) is 2.30. The Bertz CT molecular complexity index is 471. The van der Waals surface area contributed by atoms with E-state index in [9.17, 15) is 0 Å². The summed E-state index contributed by atoms with van der Waals surface area (Å²) < 4.78 is 0. The van der Waals surface area contributed by atoms with Gasteiger partial charge < -0.3 is 0 Å². The summed E-state index contributed by atoms with van der Waals surface area (Å²) in [5.74, 6) is 0. The smallest absolute Gasteiger partial charge is 0.0284 e. The summed E-state index contributed by atoms with van der Waals surface area (Å²) in [4.78, 5) is 2.59. The van der Waals surface area contributed by atoms with Crippen LogP contribution in [-0.2, 0) is 6.42 Å². The molecule has 2 bridgehead atoms. The van der Waals surface area contributed by atoms with Crippen LogP contribution in [0, 0.1) is 0 Å². The number of fused-ring (bicyclic) bond motifs is 2. The highest BCUT2D eigenvalue weighted by molar-refractivity contribution is 5.68. The van der Waals surface area contributed by atoms with Gasteiger partial charge in [0.2, 0.25) is 0 Å². The lowest BCUT2D eigenvalue weighted by molar-refractivity contribution is 0.137. The van der Waals surface area contributed by atoms with Gasteiger partial charge in [-0.25, -0.2) is 0 Å². The normalized spacial score (nSPS) is 26.4. The number of rotatable bonds is 4. The number of aryl methyl sites for hydroxylation is 1. The molecule has 1 nitrogen and oxygen atoms in total. The van der Waals surface area contributed by atoms with E-state index >= 15 is 0 Å². The second-order valence-corrected chi connectivity index (χ2v) is 6.51. The van der Waals surface area contributed by atoms with Crippen LogP contribution in [0.25, 0.3) is 5.57 Å². The monoisotopic (exact) mass is 269 g/mol. The average molecular weight is 269 g/mol. The Hall–Kier alpha value is -1.08. The maximum Gasteiger partial charge on any atom is 0.0284 e. The predicted octanol–water partition coefficient (Wildman–Crippen LogP) is 4.67. The highest BCUT2D eigenvalue weighted by Gasteiger charge is 2.31. The van der Waals surface area contributed by atoms with Crippen LogP contribution in [-0.4, -0.2) is 24.0 Å². The molecule has 0 saturated carbocycles. The molecule has 0 N–H and O–H groups in total. The molecule has 1 saturated heterocycles. The molecule has 2 aliphatic heterocycles. The summed E-state index contributed by atoms with van der Waals surface area (Å²) in [5, 5.41) is 0. The predicted molar refractivity (Wildman–Crippen MR) is 86.8 cm³/mol. The quantitative estimate of drug-likeness (QED) is 0.768. The zero-order valence-electron chi connectivity index (χ0n) is 12.9. The SMILES string of the molecule is CCCCc1ccc(C2=CC3CCCC(C2)N3C)cc1. The number of nitrogens with zero attached hydrogens (tertiary/aromatic N) is 1. The Kier molecular flexibility index (Phi) is 4.26. The molecule has 2 unspecified atom stereocenters. The van der Waals surface area contributed by atoms with Crippen molar-refractivity contribution in [3.63, 3.8) is 0 Å². The maximum absolute atomic E-state index is 2.59. The Morgan fingerprint density at radius 2 is 1.95 bits per heavy atom. The van der Waals surface area contributed by atoms with E-state index in [1.165, 1.54) is 56.1 Å². The van der Waals surface area contributed by atoms with E-state index < -0.39 is 0 Å². The van der Waals surface area contributed by atoms with Crippen LogP contribution in [0.5, 0.6) is 0 Å². The largest absolute Gasteiger partial charge is 0.297 e. The van der Waals surface area contributed by atoms with Crippen molar-refractivity contribution in [3.8, 4) is 0 Å². The fourth-order valence-corrected chi connectivity index (χ4v) is 3.72. The van der Waals surface area contributed by atoms with Crippen molar-refractivity contribution >= 4 is 5.57 Å². The van der Waals surface area contributed by atoms with Crippen LogP contribution in [0.2, 0.25) is 0 Å². The zero-order valence-corrected chi connectivity index (χ0v) is 12.9. The molecule has 0 spiro atoms. The molecule has 0 aliphatic carbocycles. The first-order valence-electron chi connectivity index (χ1n) is 8.30. The first-order chi connectivity index (χ1) is 9.78. The topological polar surface area (TPSA) is 3.24 Å². The summed E-state index contributed by atoms with van der Waals surface area (Å²) in [6, 6.07) is 10.8. The van der Waals surface area contributed by atoms with Crippen molar-refractivity contribution in [2.75, 3.05) is 7.05 Å². The molecule has 1 heteroatoms. The first-order valence-corrected chi connectivity index (χ1v) is 8.30. The molecule has 20 heavy (non-hydrogen) atoms. The van der Waals surface area contributed by atoms with Crippen LogP contribution in [0.15, 0.2) is 30.3 Å². The Labute approximate surface area is 123 Å². The van der Waals surface area contributed by atoms with Gasteiger partial charge >= 0.3 is 0 Å². The van der Waals surface area contributed by atoms with Crippen LogP contribution in [0.4, 0.5) is 0 Å². The lowest BCUT2D eigenvalue weighted by atomic mass is 9.83. The van der Waals surface area contributed by atoms with Gasteiger partial charge in [-0.2, -0.15) is 0 Å². The Morgan fingerprint density at radius 3 is 2.65 bits per heavy atom. The van der Waals surface area contributed by atoms with Crippen molar-refractivity contribution in [1.82, 2.24) is 4.90 Å². The van der Waals surface area contributed by atoms with Gasteiger partial charge in [-0.15, -0.1) is 0 Å². The van der Waals surface area contributed by atoms with Crippen molar-refractivity contribution in [3.05, 3.63) is 41.5 Å². The number of unbranched alkanes of at least 4 members (excludes halogenated alkanes) is 1. The lowest BCUT2D eigenvalue weighted by Crippen LogP contribution is -2.45. The van der Waals surface area contributed by atoms with Gasteiger partial charge in [0.15, 0.2) is 0 Å². The molecule has 1 fully saturated rings. The van der Waals surface area contributed by atoms with Crippen molar-refractivity contribution in [1.29, 1.82) is 0 Å². The van der Waals surface area contributed by atoms with Crippen LogP contribution in [0.1, 0.15) is 56.6 Å². The molecule has 3 rings (SSSR count). The molecule has 2 atom stereocenters. The van der Waals surface area contributed by atoms with Crippen molar-refractivity contribution < 1.29 is 0 Å². The van der Waals surface area contributed by atoms with E-state index in [0.29, 0.717) is 6.04 Å². The lowest BCUT2D eigenvalue weighted by Gasteiger charge is -2.42. The molecule has 2 aliphatic rings. The number of hydrogen-bond donors (Lipinski definition) is 0. The third-order valence-electron chi connectivity index (χ3n) is 5.13. The maximum atomic E-state index is 2.59. The highest BCUT2D eigenvalue weighted by atomic mass is 15.2. The van der Waals surface area contributed by atoms with Gasteiger partial charge in [-0.05, 0) is 55.9 Å². The number of piperidine rings is 1. The van der Waals surface area contributed by atoms with Gasteiger partial charge in [0.25, 0.3) is 0 Å². The first kappa shape index (κ1) is 13.9. The minimum absolute atomic E-state index is 0.678. The fraction of sp³-hybridized carbons (Fsp3) is 0.579. The second kappa shape index (κ2) is 6.13. The van der Waals surface area contributed by atoms with E-state index in [0.717, 1.165) is 6.04 Å². The third kappa shape index (κ3) is 2.83. The van der Waals surface area contributed by atoms with Gasteiger partial charge in [0.05, 0.1) is 0 Å². The molecule has 1 aromatic rings. The molecule has 0 amide bonds. The van der Waals surface area contributed by atoms with E-state index in [1.54, 1.807) is 5.57 Å². The molecule has 1 aromatic carbocycles. The molecule has 108 valence electrons. The van der Waals surface area contributed by atoms with Crippen molar-refractivity contribution in [2.45, 2.75) is 64.0 Å². The summed E-state index contributed by atoms with van der Waals surface area (Å²) >= 11 is 0.